The number of aromatic hydroxyl groups is 2. The van der Waals surface area contributed by atoms with Crippen molar-refractivity contribution in [3.05, 3.63) is 94.5 Å². The second kappa shape index (κ2) is 17.5. The Morgan fingerprint density at radius 1 is 0.677 bits per heavy atom. The monoisotopic (exact) mass is 424 g/mol. The van der Waals surface area contributed by atoms with Gasteiger partial charge in [0.05, 0.1) is 0 Å². The van der Waals surface area contributed by atoms with E-state index >= 15 is 0 Å². The normalized spacial score (nSPS) is 8.48. The molecule has 0 radical (unpaired) electrons. The Morgan fingerprint density at radius 2 is 1.06 bits per heavy atom. The Labute approximate surface area is 187 Å². The molecule has 3 aromatic rings. The Morgan fingerprint density at radius 3 is 1.39 bits per heavy atom. The highest BCUT2D eigenvalue weighted by molar-refractivity contribution is 5.94. The SMILES string of the molecule is C=O.CC.CC(=O)c1ccc(O)cc1.Cc1ccc(C)cc1.Cc1ccc(O)c(C)c1. The largest absolute Gasteiger partial charge is 0.508 e. The minimum atomic E-state index is 0.0139. The summed E-state index contributed by atoms with van der Waals surface area (Å²) in [6.07, 6.45) is 0. The van der Waals surface area contributed by atoms with Crippen molar-refractivity contribution in [2.24, 2.45) is 0 Å². The smallest absolute Gasteiger partial charge is 0.159 e. The average molecular weight is 425 g/mol. The lowest BCUT2D eigenvalue weighted by molar-refractivity contribution is -0.0980. The molecule has 0 atom stereocenters. The third kappa shape index (κ3) is 14.3. The second-order valence-electron chi connectivity index (χ2n) is 6.55. The summed E-state index contributed by atoms with van der Waals surface area (Å²) in [5, 5.41) is 17.9. The number of rotatable bonds is 1. The van der Waals surface area contributed by atoms with Crippen LogP contribution in [0.1, 0.15) is 53.4 Å². The summed E-state index contributed by atoms with van der Waals surface area (Å²) in [6.45, 7) is 15.6. The van der Waals surface area contributed by atoms with Gasteiger partial charge in [-0.25, -0.2) is 0 Å². The Hall–Kier alpha value is -3.40. The van der Waals surface area contributed by atoms with Gasteiger partial charge in [-0.2, -0.15) is 0 Å². The summed E-state index contributed by atoms with van der Waals surface area (Å²) in [4.78, 5) is 18.7. The van der Waals surface area contributed by atoms with E-state index in [9.17, 15) is 4.79 Å². The van der Waals surface area contributed by atoms with Gasteiger partial charge >= 0.3 is 0 Å². The van der Waals surface area contributed by atoms with Crippen LogP contribution in [0.3, 0.4) is 0 Å². The van der Waals surface area contributed by atoms with Crippen LogP contribution in [0.2, 0.25) is 0 Å². The van der Waals surface area contributed by atoms with Gasteiger partial charge in [0.25, 0.3) is 0 Å². The lowest BCUT2D eigenvalue weighted by atomic mass is 10.1. The van der Waals surface area contributed by atoms with E-state index in [4.69, 9.17) is 15.0 Å². The number of carbonyl (C=O) groups excluding carboxylic acids is 2. The van der Waals surface area contributed by atoms with Gasteiger partial charge in [-0.1, -0.05) is 66.9 Å². The fourth-order valence-electron chi connectivity index (χ4n) is 2.14. The minimum absolute atomic E-state index is 0.0139. The molecule has 168 valence electrons. The van der Waals surface area contributed by atoms with Crippen LogP contribution in [0.15, 0.2) is 66.7 Å². The van der Waals surface area contributed by atoms with Crippen molar-refractivity contribution in [2.75, 3.05) is 0 Å². The topological polar surface area (TPSA) is 74.6 Å². The molecule has 4 heteroatoms. The number of hydrogen-bond donors (Lipinski definition) is 2. The summed E-state index contributed by atoms with van der Waals surface area (Å²) in [6, 6.07) is 20.2. The van der Waals surface area contributed by atoms with Crippen LogP contribution in [0.25, 0.3) is 0 Å². The van der Waals surface area contributed by atoms with Crippen molar-refractivity contribution >= 4 is 12.6 Å². The van der Waals surface area contributed by atoms with Crippen LogP contribution in [-0.4, -0.2) is 22.8 Å². The predicted molar refractivity (Wildman–Crippen MR) is 130 cm³/mol. The average Bonchev–Trinajstić information content (AvgIpc) is 2.77. The first-order valence-electron chi connectivity index (χ1n) is 10.1. The van der Waals surface area contributed by atoms with Crippen LogP contribution in [-0.2, 0) is 4.79 Å². The highest BCUT2D eigenvalue weighted by Crippen LogP contribution is 2.15. The van der Waals surface area contributed by atoms with Gasteiger partial charge in [-0.15, -0.1) is 0 Å². The van der Waals surface area contributed by atoms with Crippen molar-refractivity contribution in [1.82, 2.24) is 0 Å². The number of carbonyl (C=O) groups is 2. The van der Waals surface area contributed by atoms with E-state index in [0.29, 0.717) is 11.3 Å². The number of phenols is 2. The van der Waals surface area contributed by atoms with Crippen LogP contribution in [0.5, 0.6) is 11.5 Å². The molecule has 0 aliphatic rings. The highest BCUT2D eigenvalue weighted by Gasteiger charge is 1.96. The van der Waals surface area contributed by atoms with Gasteiger partial charge in [0, 0.05) is 5.56 Å². The fourth-order valence-corrected chi connectivity index (χ4v) is 2.14. The molecule has 3 aromatic carbocycles. The van der Waals surface area contributed by atoms with Gasteiger partial charge in [0.2, 0.25) is 0 Å². The van der Waals surface area contributed by atoms with Crippen molar-refractivity contribution in [2.45, 2.75) is 48.5 Å². The number of hydrogen-bond acceptors (Lipinski definition) is 4. The lowest BCUT2D eigenvalue weighted by Crippen LogP contribution is -1.89. The maximum Gasteiger partial charge on any atom is 0.159 e. The third-order valence-electron chi connectivity index (χ3n) is 3.84. The molecular weight excluding hydrogens is 388 g/mol. The summed E-state index contributed by atoms with van der Waals surface area (Å²) in [5.41, 5.74) is 5.41. The molecule has 2 N–H and O–H groups in total. The lowest BCUT2D eigenvalue weighted by Gasteiger charge is -1.97. The first kappa shape index (κ1) is 29.8. The molecule has 0 spiro atoms. The minimum Gasteiger partial charge on any atom is -0.508 e. The molecule has 3 rings (SSSR count). The Bertz CT molecular complexity index is 846. The van der Waals surface area contributed by atoms with Gasteiger partial charge in [0.1, 0.15) is 18.3 Å². The third-order valence-corrected chi connectivity index (χ3v) is 3.84. The highest BCUT2D eigenvalue weighted by atomic mass is 16.3. The fraction of sp³-hybridized carbons (Fsp3) is 0.259. The molecule has 0 aliphatic carbocycles. The second-order valence-corrected chi connectivity index (χ2v) is 6.55. The number of ketones is 1. The Kier molecular flexibility index (Phi) is 16.8. The zero-order valence-electron chi connectivity index (χ0n) is 19.8. The molecule has 0 unspecified atom stereocenters. The molecule has 0 bridgehead atoms. The molecule has 0 saturated carbocycles. The van der Waals surface area contributed by atoms with Gasteiger partial charge in [-0.05, 0) is 70.5 Å². The first-order valence-corrected chi connectivity index (χ1v) is 10.1. The van der Waals surface area contributed by atoms with Gasteiger partial charge < -0.3 is 15.0 Å². The van der Waals surface area contributed by atoms with E-state index in [0.717, 1.165) is 5.56 Å². The van der Waals surface area contributed by atoms with E-state index in [1.165, 1.54) is 35.7 Å². The van der Waals surface area contributed by atoms with Crippen molar-refractivity contribution in [3.63, 3.8) is 0 Å². The van der Waals surface area contributed by atoms with Crippen molar-refractivity contribution in [3.8, 4) is 11.5 Å². The molecule has 31 heavy (non-hydrogen) atoms. The maximum atomic E-state index is 10.7. The number of aryl methyl sites for hydroxylation is 4. The van der Waals surface area contributed by atoms with Crippen LogP contribution >= 0.6 is 0 Å². The van der Waals surface area contributed by atoms with E-state index < -0.39 is 0 Å². The molecular formula is C27H36O4. The number of Topliss-reactive ketones (excluding diaryl/α,β-unsaturated/α-hetero) is 1. The summed E-state index contributed by atoms with van der Waals surface area (Å²) in [5.74, 6) is 0.575. The van der Waals surface area contributed by atoms with E-state index in [1.807, 2.05) is 46.6 Å². The standard InChI is InChI=1S/C8H8O2.C8H10O.C8H10.C2H6.CH2O/c1-6(9)7-2-4-8(10)5-3-7;1-6-3-4-8(9)7(2)5-6;1-7-3-5-8(2)6-4-7;2*1-2/h2-5,10H,1H3;3-5,9H,1-2H3;3-6H,1-2H3;1-2H3;1H2. The molecule has 0 heterocycles. The van der Waals surface area contributed by atoms with E-state index in [1.54, 1.807) is 18.2 Å². The molecule has 0 saturated heterocycles. The number of phenolic OH excluding ortho intramolecular Hbond substituents is 2. The first-order chi connectivity index (χ1) is 14.7. The quantitative estimate of drug-likeness (QED) is 0.424. The van der Waals surface area contributed by atoms with Gasteiger partial charge in [-0.3, -0.25) is 4.79 Å². The summed E-state index contributed by atoms with van der Waals surface area (Å²) in [7, 11) is 0. The summed E-state index contributed by atoms with van der Waals surface area (Å²) >= 11 is 0. The zero-order valence-corrected chi connectivity index (χ0v) is 19.8. The van der Waals surface area contributed by atoms with Crippen molar-refractivity contribution < 1.29 is 19.8 Å². The molecule has 0 aliphatic heterocycles. The number of benzene rings is 3. The maximum absolute atomic E-state index is 10.7. The predicted octanol–water partition coefficient (Wildman–Crippen LogP) is 6.75. The summed E-state index contributed by atoms with van der Waals surface area (Å²) < 4.78 is 0. The van der Waals surface area contributed by atoms with Crippen LogP contribution in [0, 0.1) is 27.7 Å². The van der Waals surface area contributed by atoms with E-state index in [2.05, 4.69) is 38.1 Å². The molecule has 0 amide bonds. The van der Waals surface area contributed by atoms with Crippen LogP contribution in [0.4, 0.5) is 0 Å². The zero-order chi connectivity index (χ0) is 24.4. The van der Waals surface area contributed by atoms with Crippen LogP contribution < -0.4 is 0 Å². The van der Waals surface area contributed by atoms with Crippen molar-refractivity contribution in [1.29, 1.82) is 0 Å². The molecule has 0 fully saturated rings. The molecule has 0 aromatic heterocycles. The van der Waals surface area contributed by atoms with E-state index in [-0.39, 0.29) is 11.5 Å². The Balaban J connectivity index is 0. The van der Waals surface area contributed by atoms with Gasteiger partial charge in [0.15, 0.2) is 5.78 Å². The molecule has 4 nitrogen and oxygen atoms in total.